The van der Waals surface area contributed by atoms with Crippen molar-refractivity contribution in [3.63, 3.8) is 0 Å². The molecule has 0 atom stereocenters. The average Bonchev–Trinajstić information content (AvgIpc) is 2.83. The second-order valence-electron chi connectivity index (χ2n) is 10.9. The number of ether oxygens (including phenoxy) is 1. The van der Waals surface area contributed by atoms with E-state index in [-0.39, 0.29) is 17.3 Å². The van der Waals surface area contributed by atoms with Crippen molar-refractivity contribution in [3.05, 3.63) is 29.1 Å². The minimum Gasteiger partial charge on any atom is -0.491 e. The Hall–Kier alpha value is -1.38. The van der Waals surface area contributed by atoms with Gasteiger partial charge in [0, 0.05) is 12.0 Å². The third kappa shape index (κ3) is 7.55. The lowest BCUT2D eigenvalue weighted by Crippen LogP contribution is -2.26. The molecule has 2 aliphatic rings. The predicted octanol–water partition coefficient (Wildman–Crippen LogP) is 9.08. The molecule has 0 aromatic heterocycles. The lowest BCUT2D eigenvalue weighted by Gasteiger charge is -2.38. The van der Waals surface area contributed by atoms with Gasteiger partial charge in [0.2, 0.25) is 0 Å². The van der Waals surface area contributed by atoms with Crippen molar-refractivity contribution in [2.24, 2.45) is 23.7 Å². The molecule has 0 aliphatic heterocycles. The van der Waals surface area contributed by atoms with Crippen LogP contribution in [-0.4, -0.2) is 12.4 Å². The van der Waals surface area contributed by atoms with E-state index < -0.39 is 0 Å². The molecule has 3 heteroatoms. The van der Waals surface area contributed by atoms with Gasteiger partial charge in [0.15, 0.2) is 17.3 Å². The van der Waals surface area contributed by atoms with E-state index in [4.69, 9.17) is 4.74 Å². The van der Waals surface area contributed by atoms with Crippen molar-refractivity contribution in [1.29, 1.82) is 0 Å². The number of hydrogen-bond donors (Lipinski definition) is 0. The average molecular weight is 459 g/mol. The zero-order valence-corrected chi connectivity index (χ0v) is 21.5. The van der Waals surface area contributed by atoms with Gasteiger partial charge in [-0.1, -0.05) is 58.3 Å². The minimum atomic E-state index is -0.386. The molecule has 0 N–H and O–H groups in total. The van der Waals surface area contributed by atoms with E-state index >= 15 is 0 Å². The van der Waals surface area contributed by atoms with Crippen LogP contribution >= 0.6 is 0 Å². The summed E-state index contributed by atoms with van der Waals surface area (Å²) in [6, 6.07) is 3.36. The molecule has 2 saturated carbocycles. The highest BCUT2D eigenvalue weighted by atomic mass is 19.1. The SMILES string of the molecule is CCCCCCCC1CCC(C2CCC(CC(=O)c3ccc(OCC)c(F)c3C)CC2)CC1. The van der Waals surface area contributed by atoms with Gasteiger partial charge in [-0.05, 0) is 93.7 Å². The summed E-state index contributed by atoms with van der Waals surface area (Å²) < 4.78 is 19.8. The van der Waals surface area contributed by atoms with Crippen molar-refractivity contribution in [2.75, 3.05) is 6.61 Å². The third-order valence-electron chi connectivity index (χ3n) is 8.59. The van der Waals surface area contributed by atoms with Crippen LogP contribution in [0.3, 0.4) is 0 Å². The van der Waals surface area contributed by atoms with Gasteiger partial charge < -0.3 is 4.74 Å². The molecular formula is C30H47FO2. The van der Waals surface area contributed by atoms with Crippen molar-refractivity contribution < 1.29 is 13.9 Å². The number of halogens is 1. The molecule has 0 unspecified atom stereocenters. The Morgan fingerprint density at radius 1 is 0.879 bits per heavy atom. The van der Waals surface area contributed by atoms with Crippen molar-refractivity contribution >= 4 is 5.78 Å². The van der Waals surface area contributed by atoms with Gasteiger partial charge in [0.1, 0.15) is 0 Å². The van der Waals surface area contributed by atoms with Crippen LogP contribution in [0.15, 0.2) is 12.1 Å². The van der Waals surface area contributed by atoms with Crippen LogP contribution in [0, 0.1) is 36.4 Å². The highest BCUT2D eigenvalue weighted by Gasteiger charge is 2.31. The van der Waals surface area contributed by atoms with Crippen molar-refractivity contribution in [1.82, 2.24) is 0 Å². The van der Waals surface area contributed by atoms with Crippen LogP contribution in [0.2, 0.25) is 0 Å². The zero-order valence-electron chi connectivity index (χ0n) is 21.5. The predicted molar refractivity (Wildman–Crippen MR) is 136 cm³/mol. The maximum atomic E-state index is 14.5. The van der Waals surface area contributed by atoms with Gasteiger partial charge in [-0.25, -0.2) is 4.39 Å². The monoisotopic (exact) mass is 458 g/mol. The number of benzene rings is 1. The molecule has 2 nitrogen and oxygen atoms in total. The quantitative estimate of drug-likeness (QED) is 0.231. The Kier molecular flexibility index (Phi) is 10.7. The fourth-order valence-electron chi connectivity index (χ4n) is 6.45. The number of unbranched alkanes of at least 4 members (excludes halogenated alkanes) is 4. The standard InChI is InChI=1S/C30H47FO2/c1-4-6-7-8-9-10-23-11-15-25(16-12-23)26-17-13-24(14-18-26)21-28(32)27-19-20-29(33-5-2)30(31)22(27)3/h19-20,23-26H,4-18,21H2,1-3H3. The van der Waals surface area contributed by atoms with E-state index in [0.29, 0.717) is 30.1 Å². The summed E-state index contributed by atoms with van der Waals surface area (Å²) in [5.41, 5.74) is 0.966. The summed E-state index contributed by atoms with van der Waals surface area (Å²) in [6.07, 6.45) is 19.7. The highest BCUT2D eigenvalue weighted by Crippen LogP contribution is 2.43. The lowest BCUT2D eigenvalue weighted by molar-refractivity contribution is 0.0918. The molecule has 3 rings (SSSR count). The maximum absolute atomic E-state index is 14.5. The topological polar surface area (TPSA) is 26.3 Å². The van der Waals surface area contributed by atoms with E-state index in [1.54, 1.807) is 19.1 Å². The molecule has 186 valence electrons. The van der Waals surface area contributed by atoms with E-state index in [0.717, 1.165) is 30.6 Å². The molecule has 2 fully saturated rings. The van der Waals surface area contributed by atoms with Crippen LogP contribution in [0.5, 0.6) is 5.75 Å². The van der Waals surface area contributed by atoms with Gasteiger partial charge >= 0.3 is 0 Å². The zero-order chi connectivity index (χ0) is 23.6. The molecule has 1 aromatic carbocycles. The molecule has 0 bridgehead atoms. The van der Waals surface area contributed by atoms with Crippen LogP contribution in [0.4, 0.5) is 4.39 Å². The first-order valence-electron chi connectivity index (χ1n) is 14.0. The Balaban J connectivity index is 1.38. The van der Waals surface area contributed by atoms with Crippen LogP contribution in [0.25, 0.3) is 0 Å². The Morgan fingerprint density at radius 3 is 2.09 bits per heavy atom. The Bertz CT molecular complexity index is 727. The van der Waals surface area contributed by atoms with Crippen LogP contribution < -0.4 is 4.74 Å². The first kappa shape index (κ1) is 26.2. The summed E-state index contributed by atoms with van der Waals surface area (Å²) in [5, 5.41) is 0. The van der Waals surface area contributed by atoms with Gasteiger partial charge in [-0.2, -0.15) is 0 Å². The second-order valence-corrected chi connectivity index (χ2v) is 10.9. The number of carbonyl (C=O) groups is 1. The molecule has 33 heavy (non-hydrogen) atoms. The fraction of sp³-hybridized carbons (Fsp3) is 0.767. The molecule has 0 saturated heterocycles. The number of hydrogen-bond acceptors (Lipinski definition) is 2. The van der Waals surface area contributed by atoms with E-state index in [9.17, 15) is 9.18 Å². The number of Topliss-reactive ketones (excluding diaryl/α,β-unsaturated/α-hetero) is 1. The maximum Gasteiger partial charge on any atom is 0.168 e. The molecule has 0 amide bonds. The van der Waals surface area contributed by atoms with E-state index in [1.807, 2.05) is 6.92 Å². The van der Waals surface area contributed by atoms with Crippen LogP contribution in [0.1, 0.15) is 126 Å². The van der Waals surface area contributed by atoms with Gasteiger partial charge in [0.25, 0.3) is 0 Å². The van der Waals surface area contributed by atoms with Crippen molar-refractivity contribution in [2.45, 2.75) is 117 Å². The van der Waals surface area contributed by atoms with E-state index in [1.165, 1.54) is 77.0 Å². The summed E-state index contributed by atoms with van der Waals surface area (Å²) in [6.45, 7) is 6.25. The number of rotatable bonds is 12. The summed E-state index contributed by atoms with van der Waals surface area (Å²) in [7, 11) is 0. The fourth-order valence-corrected chi connectivity index (χ4v) is 6.45. The van der Waals surface area contributed by atoms with Gasteiger partial charge in [0.05, 0.1) is 6.61 Å². The Labute approximate surface area is 202 Å². The van der Waals surface area contributed by atoms with Crippen molar-refractivity contribution in [3.8, 4) is 5.75 Å². The summed E-state index contributed by atoms with van der Waals surface area (Å²) in [4.78, 5) is 12.9. The first-order chi connectivity index (χ1) is 16.0. The highest BCUT2D eigenvalue weighted by molar-refractivity contribution is 5.97. The Morgan fingerprint density at radius 2 is 1.48 bits per heavy atom. The molecule has 0 radical (unpaired) electrons. The number of ketones is 1. The molecular weight excluding hydrogens is 411 g/mol. The normalized spacial score (nSPS) is 25.7. The first-order valence-corrected chi connectivity index (χ1v) is 14.0. The van der Waals surface area contributed by atoms with Gasteiger partial charge in [-0.3, -0.25) is 4.79 Å². The number of carbonyl (C=O) groups excluding carboxylic acids is 1. The summed E-state index contributed by atoms with van der Waals surface area (Å²) in [5.74, 6) is 3.18. The minimum absolute atomic E-state index is 0.0948. The van der Waals surface area contributed by atoms with Crippen LogP contribution in [-0.2, 0) is 0 Å². The van der Waals surface area contributed by atoms with E-state index in [2.05, 4.69) is 6.92 Å². The lowest BCUT2D eigenvalue weighted by atomic mass is 9.68. The molecule has 0 spiro atoms. The third-order valence-corrected chi connectivity index (χ3v) is 8.59. The molecule has 0 heterocycles. The summed E-state index contributed by atoms with van der Waals surface area (Å²) >= 11 is 0. The van der Waals surface area contributed by atoms with Gasteiger partial charge in [-0.15, -0.1) is 0 Å². The smallest absolute Gasteiger partial charge is 0.168 e. The second kappa shape index (κ2) is 13.5. The largest absolute Gasteiger partial charge is 0.491 e. The molecule has 2 aliphatic carbocycles. The molecule has 1 aromatic rings.